The smallest absolute Gasteiger partial charge is 0.275 e. The van der Waals surface area contributed by atoms with Crippen molar-refractivity contribution in [1.29, 1.82) is 0 Å². The Hall–Kier alpha value is -3.54. The Balaban J connectivity index is 1.51. The number of rotatable bonds is 4. The predicted molar refractivity (Wildman–Crippen MR) is 100 cm³/mol. The van der Waals surface area contributed by atoms with E-state index < -0.39 is 5.91 Å². The molecule has 1 amide bonds. The quantitative estimate of drug-likeness (QED) is 0.595. The van der Waals surface area contributed by atoms with E-state index in [1.165, 1.54) is 0 Å². The lowest BCUT2D eigenvalue weighted by molar-refractivity contribution is 0.0947. The number of para-hydroxylation sites is 2. The van der Waals surface area contributed by atoms with Gasteiger partial charge in [0.15, 0.2) is 5.69 Å². The Morgan fingerprint density at radius 2 is 1.88 bits per heavy atom. The lowest BCUT2D eigenvalue weighted by Gasteiger charge is -2.07. The van der Waals surface area contributed by atoms with Crippen LogP contribution in [0.15, 0.2) is 65.6 Å². The molecule has 2 heterocycles. The van der Waals surface area contributed by atoms with Crippen molar-refractivity contribution in [2.45, 2.75) is 6.42 Å². The Morgan fingerprint density at radius 1 is 1.04 bits per heavy atom. The predicted octanol–water partition coefficient (Wildman–Crippen LogP) is 2.44. The van der Waals surface area contributed by atoms with Crippen molar-refractivity contribution in [1.82, 2.24) is 20.5 Å². The third-order valence-electron chi connectivity index (χ3n) is 4.29. The van der Waals surface area contributed by atoms with E-state index in [2.05, 4.69) is 20.5 Å². The molecule has 0 aliphatic heterocycles. The van der Waals surface area contributed by atoms with Gasteiger partial charge in [0.05, 0.1) is 11.0 Å². The number of nitrogens with zero attached hydrogens (tertiary/aromatic N) is 2. The van der Waals surface area contributed by atoms with Gasteiger partial charge in [-0.1, -0.05) is 36.4 Å². The number of aromatic amines is 1. The van der Waals surface area contributed by atoms with Crippen LogP contribution in [0.5, 0.6) is 0 Å². The van der Waals surface area contributed by atoms with E-state index >= 15 is 0 Å². The molecule has 26 heavy (non-hydrogen) atoms. The number of hydrogen-bond acceptors (Lipinski definition) is 4. The number of carbonyl (C=O) groups excluding carboxylic acids is 1. The van der Waals surface area contributed by atoms with Gasteiger partial charge in [0, 0.05) is 23.5 Å². The molecule has 2 aromatic heterocycles. The normalized spacial score (nSPS) is 10.9. The second-order valence-electron chi connectivity index (χ2n) is 5.95. The van der Waals surface area contributed by atoms with Crippen molar-refractivity contribution in [2.75, 3.05) is 6.54 Å². The van der Waals surface area contributed by atoms with Crippen molar-refractivity contribution in [2.24, 2.45) is 0 Å². The number of hydrogen-bond donors (Lipinski definition) is 2. The molecule has 0 atom stereocenters. The molecule has 4 aromatic rings. The van der Waals surface area contributed by atoms with Gasteiger partial charge in [0.25, 0.3) is 5.91 Å². The van der Waals surface area contributed by atoms with Gasteiger partial charge in [0.1, 0.15) is 0 Å². The average molecular weight is 344 g/mol. The fourth-order valence-electron chi connectivity index (χ4n) is 2.99. The Bertz CT molecular complexity index is 1160. The number of carbonyl (C=O) groups is 1. The highest BCUT2D eigenvalue weighted by Crippen LogP contribution is 2.16. The van der Waals surface area contributed by atoms with Gasteiger partial charge in [-0.3, -0.25) is 19.7 Å². The van der Waals surface area contributed by atoms with E-state index in [1.807, 2.05) is 30.3 Å². The van der Waals surface area contributed by atoms with E-state index in [1.54, 1.807) is 30.5 Å². The van der Waals surface area contributed by atoms with Crippen LogP contribution in [0.25, 0.3) is 21.8 Å². The molecule has 4 rings (SSSR count). The molecule has 0 unspecified atom stereocenters. The summed E-state index contributed by atoms with van der Waals surface area (Å²) in [6.45, 7) is 0.391. The molecule has 128 valence electrons. The zero-order chi connectivity index (χ0) is 17.9. The van der Waals surface area contributed by atoms with E-state index in [-0.39, 0.29) is 11.1 Å². The van der Waals surface area contributed by atoms with E-state index in [9.17, 15) is 9.59 Å². The summed E-state index contributed by atoms with van der Waals surface area (Å²) in [5.41, 5.74) is 2.08. The van der Waals surface area contributed by atoms with Gasteiger partial charge in [0.2, 0.25) is 5.43 Å². The minimum Gasteiger partial charge on any atom is -0.350 e. The Morgan fingerprint density at radius 3 is 2.81 bits per heavy atom. The number of benzene rings is 2. The first-order valence-electron chi connectivity index (χ1n) is 8.32. The zero-order valence-electron chi connectivity index (χ0n) is 13.9. The number of nitrogens with one attached hydrogen (secondary N) is 2. The standard InChI is InChI=1S/C20H16N4O2/c25-19-15-8-1-2-9-16(15)23-24-18(19)20(26)22-12-10-14-6-3-5-13-7-4-11-21-17(13)14/h1-9,11H,10,12H2,(H,22,26)(H,23,25). The maximum Gasteiger partial charge on any atom is 0.275 e. The van der Waals surface area contributed by atoms with E-state index in [0.717, 1.165) is 16.5 Å². The first-order chi connectivity index (χ1) is 12.7. The van der Waals surface area contributed by atoms with Gasteiger partial charge in [-0.2, -0.15) is 5.10 Å². The molecule has 0 aliphatic carbocycles. The van der Waals surface area contributed by atoms with Crippen molar-refractivity contribution in [3.63, 3.8) is 0 Å². The SMILES string of the molecule is O=C(NCCc1cccc2cccnc12)c1n[nH]c2ccccc2c1=O. The highest BCUT2D eigenvalue weighted by Gasteiger charge is 2.14. The maximum atomic E-state index is 12.4. The minimum absolute atomic E-state index is 0.125. The van der Waals surface area contributed by atoms with Crippen molar-refractivity contribution in [3.8, 4) is 0 Å². The molecule has 6 nitrogen and oxygen atoms in total. The number of aromatic nitrogens is 3. The summed E-state index contributed by atoms with van der Waals surface area (Å²) in [6, 6.07) is 16.8. The van der Waals surface area contributed by atoms with Crippen LogP contribution in [0, 0.1) is 0 Å². The van der Waals surface area contributed by atoms with Crippen molar-refractivity contribution < 1.29 is 4.79 Å². The molecule has 0 saturated heterocycles. The fourth-order valence-corrected chi connectivity index (χ4v) is 2.99. The molecule has 0 saturated carbocycles. The molecule has 2 aromatic carbocycles. The number of fused-ring (bicyclic) bond motifs is 2. The molecule has 0 spiro atoms. The first-order valence-corrected chi connectivity index (χ1v) is 8.32. The van der Waals surface area contributed by atoms with Gasteiger partial charge in [-0.05, 0) is 30.2 Å². The topological polar surface area (TPSA) is 87.7 Å². The van der Waals surface area contributed by atoms with Crippen LogP contribution >= 0.6 is 0 Å². The molecule has 0 radical (unpaired) electrons. The van der Waals surface area contributed by atoms with Gasteiger partial charge >= 0.3 is 0 Å². The number of pyridine rings is 1. The summed E-state index contributed by atoms with van der Waals surface area (Å²) >= 11 is 0. The maximum absolute atomic E-state index is 12.4. The van der Waals surface area contributed by atoms with Crippen LogP contribution in [0.2, 0.25) is 0 Å². The van der Waals surface area contributed by atoms with Crippen LogP contribution in [0.3, 0.4) is 0 Å². The fraction of sp³-hybridized carbons (Fsp3) is 0.100. The van der Waals surface area contributed by atoms with Gasteiger partial charge < -0.3 is 5.32 Å². The largest absolute Gasteiger partial charge is 0.350 e. The zero-order valence-corrected chi connectivity index (χ0v) is 13.9. The lowest BCUT2D eigenvalue weighted by atomic mass is 10.1. The molecule has 0 fully saturated rings. The molecule has 6 heteroatoms. The molecule has 0 aliphatic rings. The highest BCUT2D eigenvalue weighted by atomic mass is 16.2. The van der Waals surface area contributed by atoms with Crippen molar-refractivity contribution >= 4 is 27.7 Å². The third kappa shape index (κ3) is 2.93. The van der Waals surface area contributed by atoms with Gasteiger partial charge in [-0.15, -0.1) is 0 Å². The summed E-state index contributed by atoms with van der Waals surface area (Å²) < 4.78 is 0. The van der Waals surface area contributed by atoms with Crippen LogP contribution < -0.4 is 10.7 Å². The van der Waals surface area contributed by atoms with Crippen LogP contribution in [-0.2, 0) is 6.42 Å². The summed E-state index contributed by atoms with van der Waals surface area (Å²) in [4.78, 5) is 29.2. The minimum atomic E-state index is -0.481. The summed E-state index contributed by atoms with van der Waals surface area (Å²) in [7, 11) is 0. The Labute approximate surface area is 148 Å². The Kier molecular flexibility index (Phi) is 4.15. The molecular weight excluding hydrogens is 328 g/mol. The summed E-state index contributed by atoms with van der Waals surface area (Å²) in [6.07, 6.45) is 2.37. The van der Waals surface area contributed by atoms with E-state index in [4.69, 9.17) is 0 Å². The molecule has 2 N–H and O–H groups in total. The average Bonchev–Trinajstić information content (AvgIpc) is 2.68. The first kappa shape index (κ1) is 16.0. The monoisotopic (exact) mass is 344 g/mol. The highest BCUT2D eigenvalue weighted by molar-refractivity contribution is 5.95. The summed E-state index contributed by atoms with van der Waals surface area (Å²) in [5.74, 6) is -0.481. The van der Waals surface area contributed by atoms with Gasteiger partial charge in [-0.25, -0.2) is 0 Å². The second-order valence-corrected chi connectivity index (χ2v) is 5.95. The van der Waals surface area contributed by atoms with Crippen LogP contribution in [0.1, 0.15) is 16.1 Å². The van der Waals surface area contributed by atoms with E-state index in [0.29, 0.717) is 23.9 Å². The number of H-pyrrole nitrogens is 1. The number of amides is 1. The molecular formula is C20H16N4O2. The van der Waals surface area contributed by atoms with Crippen LogP contribution in [0.4, 0.5) is 0 Å². The summed E-state index contributed by atoms with van der Waals surface area (Å²) in [5, 5.41) is 11.0. The lowest BCUT2D eigenvalue weighted by Crippen LogP contribution is -2.32. The van der Waals surface area contributed by atoms with Crippen LogP contribution in [-0.4, -0.2) is 27.6 Å². The van der Waals surface area contributed by atoms with Crippen molar-refractivity contribution in [3.05, 3.63) is 82.3 Å². The molecule has 0 bridgehead atoms. The second kappa shape index (κ2) is 6.76. The third-order valence-corrected chi connectivity index (χ3v) is 4.29.